The monoisotopic (exact) mass is 225 g/mol. The molecular weight excluding hydrogens is 209 g/mol. The van der Waals surface area contributed by atoms with E-state index in [1.165, 1.54) is 12.1 Å². The summed E-state index contributed by atoms with van der Waals surface area (Å²) in [6.07, 6.45) is 2.18. The Bertz CT molecular complexity index is 351. The second kappa shape index (κ2) is 5.16. The normalized spacial score (nSPS) is 20.5. The van der Waals surface area contributed by atoms with Gasteiger partial charge in [0, 0.05) is 12.6 Å². The fourth-order valence-corrected chi connectivity index (χ4v) is 1.84. The van der Waals surface area contributed by atoms with Crippen molar-refractivity contribution in [1.29, 1.82) is 0 Å². The lowest BCUT2D eigenvalue weighted by Gasteiger charge is -2.24. The summed E-state index contributed by atoms with van der Waals surface area (Å²) >= 11 is 0. The van der Waals surface area contributed by atoms with Crippen LogP contribution in [0.25, 0.3) is 0 Å². The average molecular weight is 225 g/mol. The van der Waals surface area contributed by atoms with Crippen LogP contribution in [0.1, 0.15) is 12.8 Å². The van der Waals surface area contributed by atoms with Crippen LogP contribution < -0.4 is 14.8 Å². The van der Waals surface area contributed by atoms with E-state index in [9.17, 15) is 4.39 Å². The third kappa shape index (κ3) is 2.64. The lowest BCUT2D eigenvalue weighted by atomic mass is 10.1. The molecule has 1 aromatic carbocycles. The molecule has 1 saturated heterocycles. The highest BCUT2D eigenvalue weighted by atomic mass is 19.1. The van der Waals surface area contributed by atoms with Gasteiger partial charge in [0.25, 0.3) is 0 Å². The zero-order valence-corrected chi connectivity index (χ0v) is 9.33. The number of rotatable bonds is 3. The van der Waals surface area contributed by atoms with E-state index in [4.69, 9.17) is 9.47 Å². The van der Waals surface area contributed by atoms with Gasteiger partial charge < -0.3 is 14.8 Å². The number of hydrogen-bond donors (Lipinski definition) is 1. The van der Waals surface area contributed by atoms with Crippen LogP contribution in [0.5, 0.6) is 11.5 Å². The Kier molecular flexibility index (Phi) is 3.62. The molecule has 1 fully saturated rings. The Labute approximate surface area is 94.6 Å². The van der Waals surface area contributed by atoms with Crippen LogP contribution in [0.2, 0.25) is 0 Å². The zero-order chi connectivity index (χ0) is 11.4. The van der Waals surface area contributed by atoms with E-state index in [1.807, 2.05) is 0 Å². The second-order valence-electron chi connectivity index (χ2n) is 3.88. The first-order valence-corrected chi connectivity index (χ1v) is 5.50. The molecule has 1 aliphatic heterocycles. The lowest BCUT2D eigenvalue weighted by molar-refractivity contribution is 0.160. The summed E-state index contributed by atoms with van der Waals surface area (Å²) in [5.41, 5.74) is 0. The van der Waals surface area contributed by atoms with Crippen LogP contribution in [0, 0.1) is 5.82 Å². The Hall–Kier alpha value is -1.29. The molecule has 0 saturated carbocycles. The van der Waals surface area contributed by atoms with Gasteiger partial charge in [0.1, 0.15) is 11.9 Å². The number of nitrogens with one attached hydrogen (secondary N) is 1. The number of methoxy groups -OCH3 is 1. The number of ether oxygens (including phenoxy) is 2. The first kappa shape index (κ1) is 11.2. The molecule has 4 heteroatoms. The molecular formula is C12H16FNO2. The molecule has 1 heterocycles. The highest BCUT2D eigenvalue weighted by Gasteiger charge is 2.16. The van der Waals surface area contributed by atoms with Crippen molar-refractivity contribution >= 4 is 0 Å². The van der Waals surface area contributed by atoms with E-state index in [1.54, 1.807) is 13.2 Å². The van der Waals surface area contributed by atoms with E-state index in [2.05, 4.69) is 5.32 Å². The van der Waals surface area contributed by atoms with Gasteiger partial charge in [-0.1, -0.05) is 0 Å². The van der Waals surface area contributed by atoms with Gasteiger partial charge >= 0.3 is 0 Å². The van der Waals surface area contributed by atoms with E-state index in [0.29, 0.717) is 11.5 Å². The van der Waals surface area contributed by atoms with Crippen molar-refractivity contribution in [1.82, 2.24) is 5.32 Å². The average Bonchev–Trinajstić information content (AvgIpc) is 2.31. The van der Waals surface area contributed by atoms with E-state index >= 15 is 0 Å². The SMILES string of the molecule is COc1ccc(F)cc1OC1CCCNC1. The number of hydrogen-bond acceptors (Lipinski definition) is 3. The van der Waals surface area contributed by atoms with Gasteiger partial charge in [-0.3, -0.25) is 0 Å². The molecule has 0 bridgehead atoms. The predicted octanol–water partition coefficient (Wildman–Crippen LogP) is 1.97. The Balaban J connectivity index is 2.09. The van der Waals surface area contributed by atoms with Crippen molar-refractivity contribution < 1.29 is 13.9 Å². The van der Waals surface area contributed by atoms with Crippen LogP contribution in [0.15, 0.2) is 18.2 Å². The molecule has 1 aliphatic rings. The molecule has 1 unspecified atom stereocenters. The maximum Gasteiger partial charge on any atom is 0.164 e. The van der Waals surface area contributed by atoms with Crippen molar-refractivity contribution in [3.8, 4) is 11.5 Å². The Morgan fingerprint density at radius 1 is 1.38 bits per heavy atom. The predicted molar refractivity (Wildman–Crippen MR) is 59.5 cm³/mol. The van der Waals surface area contributed by atoms with E-state index < -0.39 is 0 Å². The van der Waals surface area contributed by atoms with Crippen molar-refractivity contribution in [3.05, 3.63) is 24.0 Å². The smallest absolute Gasteiger partial charge is 0.164 e. The number of halogens is 1. The summed E-state index contributed by atoms with van der Waals surface area (Å²) in [5, 5.41) is 3.25. The maximum atomic E-state index is 13.1. The minimum Gasteiger partial charge on any atom is -0.493 e. The van der Waals surface area contributed by atoms with E-state index in [-0.39, 0.29) is 11.9 Å². The standard InChI is InChI=1S/C12H16FNO2/c1-15-11-5-4-9(13)7-12(11)16-10-3-2-6-14-8-10/h4-5,7,10,14H,2-3,6,8H2,1H3. The van der Waals surface area contributed by atoms with E-state index in [0.717, 1.165) is 25.9 Å². The minimum atomic E-state index is -0.306. The Morgan fingerprint density at radius 3 is 2.94 bits per heavy atom. The summed E-state index contributed by atoms with van der Waals surface area (Å²) in [5.74, 6) is 0.753. The zero-order valence-electron chi connectivity index (χ0n) is 9.33. The summed E-state index contributed by atoms with van der Waals surface area (Å²) in [6.45, 7) is 1.83. The molecule has 1 N–H and O–H groups in total. The third-order valence-corrected chi connectivity index (χ3v) is 2.67. The van der Waals surface area contributed by atoms with Crippen LogP contribution in [-0.4, -0.2) is 26.3 Å². The Morgan fingerprint density at radius 2 is 2.25 bits per heavy atom. The molecule has 0 radical (unpaired) electrons. The fourth-order valence-electron chi connectivity index (χ4n) is 1.84. The molecule has 3 nitrogen and oxygen atoms in total. The largest absolute Gasteiger partial charge is 0.493 e. The summed E-state index contributed by atoms with van der Waals surface area (Å²) in [6, 6.07) is 4.32. The van der Waals surface area contributed by atoms with Crippen molar-refractivity contribution in [2.45, 2.75) is 18.9 Å². The molecule has 0 amide bonds. The molecule has 2 rings (SSSR count). The van der Waals surface area contributed by atoms with Gasteiger partial charge in [-0.2, -0.15) is 0 Å². The molecule has 0 spiro atoms. The van der Waals surface area contributed by atoms with Crippen LogP contribution in [-0.2, 0) is 0 Å². The van der Waals surface area contributed by atoms with Gasteiger partial charge in [0.05, 0.1) is 7.11 Å². The molecule has 0 aromatic heterocycles. The first-order chi connectivity index (χ1) is 7.79. The topological polar surface area (TPSA) is 30.5 Å². The number of piperidine rings is 1. The highest BCUT2D eigenvalue weighted by molar-refractivity contribution is 5.40. The lowest BCUT2D eigenvalue weighted by Crippen LogP contribution is -2.37. The third-order valence-electron chi connectivity index (χ3n) is 2.67. The summed E-state index contributed by atoms with van der Waals surface area (Å²) < 4.78 is 23.9. The van der Waals surface area contributed by atoms with Crippen LogP contribution in [0.4, 0.5) is 4.39 Å². The van der Waals surface area contributed by atoms with Gasteiger partial charge in [-0.05, 0) is 31.5 Å². The fraction of sp³-hybridized carbons (Fsp3) is 0.500. The quantitative estimate of drug-likeness (QED) is 0.853. The maximum absolute atomic E-state index is 13.1. The van der Waals surface area contributed by atoms with Crippen LogP contribution >= 0.6 is 0 Å². The first-order valence-electron chi connectivity index (χ1n) is 5.50. The second-order valence-corrected chi connectivity index (χ2v) is 3.88. The van der Waals surface area contributed by atoms with Gasteiger partial charge in [0.15, 0.2) is 11.5 Å². The van der Waals surface area contributed by atoms with Crippen molar-refractivity contribution in [2.75, 3.05) is 20.2 Å². The molecule has 1 atom stereocenters. The molecule has 88 valence electrons. The van der Waals surface area contributed by atoms with Crippen LogP contribution in [0.3, 0.4) is 0 Å². The minimum absolute atomic E-state index is 0.101. The van der Waals surface area contributed by atoms with Crippen molar-refractivity contribution in [2.24, 2.45) is 0 Å². The van der Waals surface area contributed by atoms with Crippen molar-refractivity contribution in [3.63, 3.8) is 0 Å². The molecule has 16 heavy (non-hydrogen) atoms. The van der Waals surface area contributed by atoms with Gasteiger partial charge in [-0.15, -0.1) is 0 Å². The summed E-state index contributed by atoms with van der Waals surface area (Å²) in [4.78, 5) is 0. The molecule has 1 aromatic rings. The van der Waals surface area contributed by atoms with Gasteiger partial charge in [0.2, 0.25) is 0 Å². The summed E-state index contributed by atoms with van der Waals surface area (Å²) in [7, 11) is 1.55. The highest BCUT2D eigenvalue weighted by Crippen LogP contribution is 2.29. The molecule has 0 aliphatic carbocycles. The van der Waals surface area contributed by atoms with Gasteiger partial charge in [-0.25, -0.2) is 4.39 Å². The number of benzene rings is 1.